The molecule has 0 fully saturated rings. The van der Waals surface area contributed by atoms with Crippen LogP contribution in [0.15, 0.2) is 46.0 Å². The molecule has 0 unspecified atom stereocenters. The number of aliphatic hydroxyl groups is 1. The fraction of sp³-hybridized carbons (Fsp3) is 0.515. The molecule has 2 aromatic carbocycles. The molecule has 3 aliphatic rings. The second-order valence-corrected chi connectivity index (χ2v) is 13.2. The summed E-state index contributed by atoms with van der Waals surface area (Å²) >= 11 is 0. The molecular formula is C33H40O7. The van der Waals surface area contributed by atoms with Gasteiger partial charge in [0.1, 0.15) is 22.7 Å². The highest BCUT2D eigenvalue weighted by atomic mass is 16.5. The van der Waals surface area contributed by atoms with Gasteiger partial charge in [-0.3, -0.25) is 9.59 Å². The smallest absolute Gasteiger partial charge is 0.223 e. The van der Waals surface area contributed by atoms with Gasteiger partial charge < -0.3 is 24.8 Å². The lowest BCUT2D eigenvalue weighted by molar-refractivity contribution is -0.117. The number of rotatable bonds is 0. The summed E-state index contributed by atoms with van der Waals surface area (Å²) in [5, 5.41) is 32.4. The van der Waals surface area contributed by atoms with Gasteiger partial charge in [-0.2, -0.15) is 0 Å². The minimum atomic E-state index is -1.01. The van der Waals surface area contributed by atoms with Crippen LogP contribution in [0.5, 0.6) is 23.0 Å². The Kier molecular flexibility index (Phi) is 6.81. The van der Waals surface area contributed by atoms with Crippen molar-refractivity contribution >= 4 is 0 Å². The Morgan fingerprint density at radius 3 is 1.90 bits per heavy atom. The SMILES string of the molecule is Cc1cc(O)c(=O)cc2c1C[C@@H]1CC(C)(C)/C=C/C[C@@]3(C)Oc4cc(=O)c(O)cc(C)c4C[C@@H]3C[C@H](O)[C@]1(C)O2. The van der Waals surface area contributed by atoms with Gasteiger partial charge in [-0.15, -0.1) is 0 Å². The number of aliphatic hydroxyl groups excluding tert-OH is 1. The van der Waals surface area contributed by atoms with Gasteiger partial charge >= 0.3 is 0 Å². The number of hydrogen-bond donors (Lipinski definition) is 3. The van der Waals surface area contributed by atoms with E-state index in [1.807, 2.05) is 27.7 Å². The molecule has 0 saturated heterocycles. The Morgan fingerprint density at radius 1 is 0.800 bits per heavy atom. The molecule has 214 valence electrons. The third kappa shape index (κ3) is 4.89. The zero-order valence-electron chi connectivity index (χ0n) is 24.2. The van der Waals surface area contributed by atoms with Crippen molar-refractivity contribution in [3.63, 3.8) is 0 Å². The molecule has 7 heteroatoms. The van der Waals surface area contributed by atoms with E-state index in [0.717, 1.165) is 28.7 Å². The van der Waals surface area contributed by atoms with E-state index in [1.54, 1.807) is 0 Å². The number of fused-ring (bicyclic) bond motifs is 4. The van der Waals surface area contributed by atoms with Crippen LogP contribution in [-0.4, -0.2) is 32.6 Å². The summed E-state index contributed by atoms with van der Waals surface area (Å²) in [6.07, 6.45) is 6.29. The zero-order valence-corrected chi connectivity index (χ0v) is 24.2. The lowest BCUT2D eigenvalue weighted by atomic mass is 9.67. The predicted octanol–water partition coefficient (Wildman–Crippen LogP) is 4.88. The molecule has 0 radical (unpaired) electrons. The molecule has 0 aromatic heterocycles. The Balaban J connectivity index is 1.63. The van der Waals surface area contributed by atoms with E-state index in [9.17, 15) is 24.9 Å². The summed E-state index contributed by atoms with van der Waals surface area (Å²) in [6.45, 7) is 12.0. The van der Waals surface area contributed by atoms with Crippen LogP contribution in [0.3, 0.4) is 0 Å². The van der Waals surface area contributed by atoms with Gasteiger partial charge in [0.05, 0.1) is 6.10 Å². The van der Waals surface area contributed by atoms with E-state index in [2.05, 4.69) is 26.0 Å². The molecule has 0 amide bonds. The molecule has 2 heterocycles. The first-order valence-corrected chi connectivity index (χ1v) is 14.1. The van der Waals surface area contributed by atoms with Crippen molar-refractivity contribution in [2.45, 2.75) is 91.0 Å². The standard InChI is InChI=1S/C33H40O7/c1-18-10-24(34)26(36)15-28-22(18)12-20-14-30(38)33(6)21(17-31(3,4)8-7-9-32(20,5)39-28)13-23-19(2)11-25(35)27(37)16-29(23)40-33/h7-8,10-11,15-16,20-21,30,38H,9,12-14,17H2,1-6H3,(H,34,36)(H,35,37)/b8-7+/t20-,21-,30+,32-,33-/m1/s1. The quantitative estimate of drug-likeness (QED) is 0.402. The molecule has 5 atom stereocenters. The highest BCUT2D eigenvalue weighted by Crippen LogP contribution is 2.49. The maximum absolute atomic E-state index is 12.6. The van der Waals surface area contributed by atoms with Crippen molar-refractivity contribution in [2.75, 3.05) is 0 Å². The summed E-state index contributed by atoms with van der Waals surface area (Å²) in [6, 6.07) is 5.68. The highest BCUT2D eigenvalue weighted by Gasteiger charge is 2.51. The summed E-state index contributed by atoms with van der Waals surface area (Å²) in [5.41, 5.74) is 0.287. The highest BCUT2D eigenvalue weighted by molar-refractivity contribution is 5.46. The number of aromatic hydroxyl groups is 2. The van der Waals surface area contributed by atoms with Crippen LogP contribution < -0.4 is 20.3 Å². The molecule has 40 heavy (non-hydrogen) atoms. The third-order valence-corrected chi connectivity index (χ3v) is 9.56. The predicted molar refractivity (Wildman–Crippen MR) is 153 cm³/mol. The minimum Gasteiger partial charge on any atom is -0.504 e. The molecule has 0 spiro atoms. The summed E-state index contributed by atoms with van der Waals surface area (Å²) in [7, 11) is 0. The van der Waals surface area contributed by atoms with E-state index in [4.69, 9.17) is 9.47 Å². The zero-order chi connectivity index (χ0) is 29.2. The molecule has 2 aliphatic heterocycles. The molecule has 2 aromatic rings. The monoisotopic (exact) mass is 548 g/mol. The lowest BCUT2D eigenvalue weighted by Gasteiger charge is -2.49. The lowest BCUT2D eigenvalue weighted by Crippen LogP contribution is -2.57. The molecule has 0 saturated carbocycles. The van der Waals surface area contributed by atoms with E-state index in [1.165, 1.54) is 24.3 Å². The average Bonchev–Trinajstić information content (AvgIpc) is 3.01. The maximum Gasteiger partial charge on any atom is 0.223 e. The van der Waals surface area contributed by atoms with Crippen LogP contribution in [0.4, 0.5) is 0 Å². The Morgan fingerprint density at radius 2 is 1.32 bits per heavy atom. The van der Waals surface area contributed by atoms with Crippen LogP contribution in [0, 0.1) is 31.1 Å². The van der Waals surface area contributed by atoms with Crippen molar-refractivity contribution < 1.29 is 24.8 Å². The largest absolute Gasteiger partial charge is 0.504 e. The first-order valence-electron chi connectivity index (χ1n) is 14.1. The van der Waals surface area contributed by atoms with Gasteiger partial charge in [-0.1, -0.05) is 26.0 Å². The maximum atomic E-state index is 12.6. The minimum absolute atomic E-state index is 0.0753. The third-order valence-electron chi connectivity index (χ3n) is 9.56. The summed E-state index contributed by atoms with van der Waals surface area (Å²) in [5.74, 6) is 0.0238. The van der Waals surface area contributed by atoms with Crippen molar-refractivity contribution in [1.29, 1.82) is 0 Å². The van der Waals surface area contributed by atoms with Crippen molar-refractivity contribution in [2.24, 2.45) is 17.3 Å². The number of aryl methyl sites for hydroxylation is 2. The molecule has 5 rings (SSSR count). The van der Waals surface area contributed by atoms with Crippen molar-refractivity contribution in [3.8, 4) is 23.0 Å². The van der Waals surface area contributed by atoms with Gasteiger partial charge in [0, 0.05) is 30.4 Å². The van der Waals surface area contributed by atoms with Crippen LogP contribution in [0.2, 0.25) is 0 Å². The van der Waals surface area contributed by atoms with E-state index in [0.29, 0.717) is 37.2 Å². The number of hydrogen-bond acceptors (Lipinski definition) is 7. The van der Waals surface area contributed by atoms with Gasteiger partial charge in [0.15, 0.2) is 11.5 Å². The Hall–Kier alpha value is -3.32. The van der Waals surface area contributed by atoms with Crippen LogP contribution >= 0.6 is 0 Å². The van der Waals surface area contributed by atoms with E-state index in [-0.39, 0.29) is 28.7 Å². The van der Waals surface area contributed by atoms with E-state index >= 15 is 0 Å². The molecular weight excluding hydrogens is 508 g/mol. The Labute approximate surface area is 235 Å². The Bertz CT molecular complexity index is 1510. The van der Waals surface area contributed by atoms with Gasteiger partial charge in [0.2, 0.25) is 10.9 Å². The fourth-order valence-electron chi connectivity index (χ4n) is 6.92. The second kappa shape index (κ2) is 9.65. The van der Waals surface area contributed by atoms with Gasteiger partial charge in [0.25, 0.3) is 0 Å². The molecule has 0 bridgehead atoms. The summed E-state index contributed by atoms with van der Waals surface area (Å²) in [4.78, 5) is 25.0. The van der Waals surface area contributed by atoms with Crippen LogP contribution in [-0.2, 0) is 12.8 Å². The molecule has 1 aliphatic carbocycles. The van der Waals surface area contributed by atoms with Crippen molar-refractivity contribution in [3.05, 3.63) is 79.1 Å². The molecule has 7 nitrogen and oxygen atoms in total. The first kappa shape index (κ1) is 28.2. The van der Waals surface area contributed by atoms with Gasteiger partial charge in [-0.05, 0) is 93.2 Å². The van der Waals surface area contributed by atoms with Crippen LogP contribution in [0.25, 0.3) is 0 Å². The number of allylic oxidation sites excluding steroid dienone is 1. The number of ether oxygens (including phenoxy) is 2. The van der Waals surface area contributed by atoms with Gasteiger partial charge in [-0.25, -0.2) is 0 Å². The second-order valence-electron chi connectivity index (χ2n) is 13.2. The van der Waals surface area contributed by atoms with E-state index < -0.39 is 28.2 Å². The topological polar surface area (TPSA) is 113 Å². The first-order chi connectivity index (χ1) is 18.6. The normalized spacial score (nSPS) is 31.5. The van der Waals surface area contributed by atoms with Crippen LogP contribution in [0.1, 0.15) is 69.2 Å². The fourth-order valence-corrected chi connectivity index (χ4v) is 6.92. The molecule has 3 N–H and O–H groups in total. The van der Waals surface area contributed by atoms with Crippen molar-refractivity contribution in [1.82, 2.24) is 0 Å². The average molecular weight is 549 g/mol. The summed E-state index contributed by atoms with van der Waals surface area (Å²) < 4.78 is 13.2.